The maximum absolute atomic E-state index is 11.7. The summed E-state index contributed by atoms with van der Waals surface area (Å²) in [6.45, 7) is -0.104. The Morgan fingerprint density at radius 1 is 1.44 bits per heavy atom. The van der Waals surface area contributed by atoms with Crippen molar-refractivity contribution >= 4 is 11.7 Å². The molecule has 0 aliphatic heterocycles. The van der Waals surface area contributed by atoms with Crippen molar-refractivity contribution in [3.8, 4) is 0 Å². The highest BCUT2D eigenvalue weighted by atomic mass is 19.3. The van der Waals surface area contributed by atoms with Crippen LogP contribution in [0.25, 0.3) is 0 Å². The molecule has 0 bridgehead atoms. The predicted octanol–water partition coefficient (Wildman–Crippen LogP) is 0.530. The van der Waals surface area contributed by atoms with E-state index in [9.17, 15) is 13.6 Å². The second-order valence-corrected chi connectivity index (χ2v) is 3.28. The fourth-order valence-corrected chi connectivity index (χ4v) is 1.10. The van der Waals surface area contributed by atoms with Gasteiger partial charge in [0, 0.05) is 13.6 Å². The van der Waals surface area contributed by atoms with Gasteiger partial charge in [0.05, 0.1) is 6.61 Å². The van der Waals surface area contributed by atoms with Gasteiger partial charge < -0.3 is 15.4 Å². The number of ether oxygens (including phenoxy) is 1. The molecule has 2 N–H and O–H groups in total. The Labute approximate surface area is 103 Å². The molecule has 1 aromatic rings. The summed E-state index contributed by atoms with van der Waals surface area (Å²) in [6.07, 6.45) is -2.46. The van der Waals surface area contributed by atoms with Crippen molar-refractivity contribution in [3.05, 3.63) is 17.8 Å². The zero-order valence-corrected chi connectivity index (χ0v) is 9.82. The van der Waals surface area contributed by atoms with Gasteiger partial charge in [0.2, 0.25) is 0 Å². The minimum atomic E-state index is -2.46. The first-order valence-electron chi connectivity index (χ1n) is 5.29. The number of alkyl halides is 2. The Balaban J connectivity index is 2.29. The smallest absolute Gasteiger partial charge is 0.271 e. The Bertz CT molecular complexity index is 373. The molecule has 0 unspecified atom stereocenters. The molecule has 0 saturated heterocycles. The van der Waals surface area contributed by atoms with Crippen LogP contribution in [0.5, 0.6) is 0 Å². The Morgan fingerprint density at radius 2 is 2.22 bits per heavy atom. The topological polar surface area (TPSA) is 76.1 Å². The number of hydrogen-bond donors (Lipinski definition) is 2. The molecule has 100 valence electrons. The molecule has 0 radical (unpaired) electrons. The average molecular weight is 260 g/mol. The van der Waals surface area contributed by atoms with E-state index in [-0.39, 0.29) is 18.2 Å². The second kappa shape index (κ2) is 7.49. The van der Waals surface area contributed by atoms with E-state index >= 15 is 0 Å². The van der Waals surface area contributed by atoms with Crippen molar-refractivity contribution in [1.82, 2.24) is 15.5 Å². The summed E-state index contributed by atoms with van der Waals surface area (Å²) in [4.78, 5) is 11.2. The molecule has 6 nitrogen and oxygen atoms in total. The first-order chi connectivity index (χ1) is 8.63. The number of carbonyl (C=O) groups excluding carboxylic acids is 1. The van der Waals surface area contributed by atoms with Crippen molar-refractivity contribution in [2.24, 2.45) is 0 Å². The van der Waals surface area contributed by atoms with Crippen LogP contribution in [0.3, 0.4) is 0 Å². The van der Waals surface area contributed by atoms with E-state index in [1.165, 1.54) is 13.1 Å². The highest BCUT2D eigenvalue weighted by Gasteiger charge is 2.05. The maximum atomic E-state index is 11.7. The number of rotatable bonds is 7. The second-order valence-electron chi connectivity index (χ2n) is 3.28. The standard InChI is InChI=1S/C10H14F2N4O2/c1-13-10(17)7-2-3-9(16-15-7)14-4-5-18-6-8(11)12/h2-3,8H,4-6H2,1H3,(H,13,17)(H,14,16). The third-order valence-electron chi connectivity index (χ3n) is 1.92. The summed E-state index contributed by atoms with van der Waals surface area (Å²) in [7, 11) is 1.50. The summed E-state index contributed by atoms with van der Waals surface area (Å²) >= 11 is 0. The van der Waals surface area contributed by atoms with Gasteiger partial charge in [-0.25, -0.2) is 8.78 Å². The van der Waals surface area contributed by atoms with E-state index in [1.54, 1.807) is 6.07 Å². The molecule has 0 saturated carbocycles. The van der Waals surface area contributed by atoms with E-state index in [1.807, 2.05) is 0 Å². The summed E-state index contributed by atoms with van der Waals surface area (Å²) in [6, 6.07) is 3.08. The van der Waals surface area contributed by atoms with E-state index in [0.717, 1.165) is 0 Å². The van der Waals surface area contributed by atoms with Gasteiger partial charge in [0.1, 0.15) is 12.4 Å². The van der Waals surface area contributed by atoms with E-state index < -0.39 is 13.0 Å². The number of aromatic nitrogens is 2. The Kier molecular flexibility index (Phi) is 5.92. The van der Waals surface area contributed by atoms with Crippen molar-refractivity contribution in [1.29, 1.82) is 0 Å². The molecule has 0 aliphatic rings. The van der Waals surface area contributed by atoms with Crippen molar-refractivity contribution in [2.45, 2.75) is 6.43 Å². The van der Waals surface area contributed by atoms with Gasteiger partial charge in [0.25, 0.3) is 12.3 Å². The average Bonchev–Trinajstić information content (AvgIpc) is 2.38. The Morgan fingerprint density at radius 3 is 2.78 bits per heavy atom. The third kappa shape index (κ3) is 5.00. The lowest BCUT2D eigenvalue weighted by atomic mass is 10.3. The van der Waals surface area contributed by atoms with E-state index in [2.05, 4.69) is 25.6 Å². The normalized spacial score (nSPS) is 10.4. The Hall–Kier alpha value is -1.83. The number of amides is 1. The van der Waals surface area contributed by atoms with Crippen LogP contribution in [-0.2, 0) is 4.74 Å². The van der Waals surface area contributed by atoms with E-state index in [0.29, 0.717) is 12.4 Å². The number of carbonyl (C=O) groups is 1. The van der Waals surface area contributed by atoms with Crippen molar-refractivity contribution in [2.75, 3.05) is 32.1 Å². The zero-order chi connectivity index (χ0) is 13.4. The van der Waals surface area contributed by atoms with Gasteiger partial charge in [0.15, 0.2) is 5.69 Å². The first-order valence-corrected chi connectivity index (χ1v) is 5.29. The summed E-state index contributed by atoms with van der Waals surface area (Å²) < 4.78 is 28.1. The molecule has 1 heterocycles. The van der Waals surface area contributed by atoms with Crippen LogP contribution in [0.15, 0.2) is 12.1 Å². The minimum Gasteiger partial charge on any atom is -0.374 e. The molecule has 0 fully saturated rings. The lowest BCUT2D eigenvalue weighted by molar-refractivity contribution is 0.0214. The molecule has 0 atom stereocenters. The summed E-state index contributed by atoms with van der Waals surface area (Å²) in [5, 5.41) is 12.7. The molecule has 1 amide bonds. The summed E-state index contributed by atoms with van der Waals surface area (Å²) in [5.74, 6) is 0.123. The predicted molar refractivity (Wildman–Crippen MR) is 60.7 cm³/mol. The van der Waals surface area contributed by atoms with E-state index in [4.69, 9.17) is 0 Å². The highest BCUT2D eigenvalue weighted by molar-refractivity contribution is 5.91. The molecule has 18 heavy (non-hydrogen) atoms. The SMILES string of the molecule is CNC(=O)c1ccc(NCCOCC(F)F)nn1. The number of halogens is 2. The lowest BCUT2D eigenvalue weighted by Gasteiger charge is -2.06. The largest absolute Gasteiger partial charge is 0.374 e. The van der Waals surface area contributed by atoms with Gasteiger partial charge in [-0.15, -0.1) is 10.2 Å². The van der Waals surface area contributed by atoms with Gasteiger partial charge in [-0.1, -0.05) is 0 Å². The monoisotopic (exact) mass is 260 g/mol. The van der Waals surface area contributed by atoms with Crippen LogP contribution in [0.2, 0.25) is 0 Å². The number of anilines is 1. The fourth-order valence-electron chi connectivity index (χ4n) is 1.10. The number of hydrogen-bond acceptors (Lipinski definition) is 5. The minimum absolute atomic E-state index is 0.142. The zero-order valence-electron chi connectivity index (χ0n) is 9.82. The van der Waals surface area contributed by atoms with Crippen molar-refractivity contribution < 1.29 is 18.3 Å². The highest BCUT2D eigenvalue weighted by Crippen LogP contribution is 2.01. The van der Waals surface area contributed by atoms with Crippen LogP contribution in [0.1, 0.15) is 10.5 Å². The number of nitrogens with one attached hydrogen (secondary N) is 2. The number of nitrogens with zero attached hydrogens (tertiary/aromatic N) is 2. The van der Waals surface area contributed by atoms with Gasteiger partial charge in [-0.2, -0.15) is 0 Å². The maximum Gasteiger partial charge on any atom is 0.271 e. The van der Waals surface area contributed by atoms with Gasteiger partial charge in [-0.3, -0.25) is 4.79 Å². The first kappa shape index (κ1) is 14.2. The third-order valence-corrected chi connectivity index (χ3v) is 1.92. The quantitative estimate of drug-likeness (QED) is 0.699. The molecule has 0 aromatic carbocycles. The molecule has 0 aliphatic carbocycles. The fraction of sp³-hybridized carbons (Fsp3) is 0.500. The summed E-state index contributed by atoms with van der Waals surface area (Å²) in [5.41, 5.74) is 0.206. The molecular weight excluding hydrogens is 246 g/mol. The lowest BCUT2D eigenvalue weighted by Crippen LogP contribution is -2.20. The molecule has 1 rings (SSSR count). The molecule has 8 heteroatoms. The van der Waals surface area contributed by atoms with Crippen LogP contribution in [0.4, 0.5) is 14.6 Å². The van der Waals surface area contributed by atoms with Crippen LogP contribution < -0.4 is 10.6 Å². The molecule has 0 spiro atoms. The molecular formula is C10H14F2N4O2. The van der Waals surface area contributed by atoms with Crippen LogP contribution in [0, 0.1) is 0 Å². The van der Waals surface area contributed by atoms with Crippen LogP contribution >= 0.6 is 0 Å². The van der Waals surface area contributed by atoms with Crippen LogP contribution in [-0.4, -0.2) is 49.3 Å². The van der Waals surface area contributed by atoms with Crippen molar-refractivity contribution in [3.63, 3.8) is 0 Å². The van der Waals surface area contributed by atoms with Gasteiger partial charge >= 0.3 is 0 Å². The van der Waals surface area contributed by atoms with Gasteiger partial charge in [-0.05, 0) is 12.1 Å². The molecule has 1 aromatic heterocycles.